The maximum Gasteiger partial charge on any atom is 0.259 e. The first-order valence-electron chi connectivity index (χ1n) is 6.33. The second-order valence-electron chi connectivity index (χ2n) is 4.58. The summed E-state index contributed by atoms with van der Waals surface area (Å²) < 4.78 is 0. The van der Waals surface area contributed by atoms with Gasteiger partial charge in [0.05, 0.1) is 6.20 Å². The Bertz CT molecular complexity index is 382. The highest BCUT2D eigenvalue weighted by atomic mass is 16.2. The molecule has 5 nitrogen and oxygen atoms in total. The van der Waals surface area contributed by atoms with Crippen molar-refractivity contribution >= 4 is 11.7 Å². The van der Waals surface area contributed by atoms with Gasteiger partial charge in [0.15, 0.2) is 0 Å². The third-order valence-corrected chi connectivity index (χ3v) is 3.52. The van der Waals surface area contributed by atoms with Crippen molar-refractivity contribution in [1.82, 2.24) is 15.1 Å². The average molecular weight is 236 g/mol. The lowest BCUT2D eigenvalue weighted by molar-refractivity contribution is 0.0649. The topological polar surface area (TPSA) is 75.0 Å². The number of carbonyl (C=O) groups is 1. The average Bonchev–Trinajstić information content (AvgIpc) is 2.77. The molecule has 0 bridgehead atoms. The van der Waals surface area contributed by atoms with Gasteiger partial charge in [0.25, 0.3) is 5.91 Å². The van der Waals surface area contributed by atoms with E-state index in [-0.39, 0.29) is 5.91 Å². The van der Waals surface area contributed by atoms with Crippen LogP contribution >= 0.6 is 0 Å². The molecule has 2 rings (SSSR count). The number of aromatic amines is 1. The smallest absolute Gasteiger partial charge is 0.259 e. The van der Waals surface area contributed by atoms with Gasteiger partial charge in [-0.2, -0.15) is 5.10 Å². The Morgan fingerprint density at radius 3 is 2.76 bits per heavy atom. The molecule has 0 radical (unpaired) electrons. The lowest BCUT2D eigenvalue weighted by atomic mass is 9.94. The quantitative estimate of drug-likeness (QED) is 0.840. The summed E-state index contributed by atoms with van der Waals surface area (Å²) in [5, 5.41) is 6.42. The van der Waals surface area contributed by atoms with Crippen LogP contribution in [0, 0.1) is 0 Å². The number of nitrogens with zero attached hydrogens (tertiary/aromatic N) is 2. The van der Waals surface area contributed by atoms with E-state index in [1.807, 2.05) is 11.8 Å². The van der Waals surface area contributed by atoms with Crippen molar-refractivity contribution in [3.63, 3.8) is 0 Å². The van der Waals surface area contributed by atoms with Crippen LogP contribution in [0.2, 0.25) is 0 Å². The van der Waals surface area contributed by atoms with Crippen LogP contribution in [0.1, 0.15) is 49.4 Å². The number of amides is 1. The summed E-state index contributed by atoms with van der Waals surface area (Å²) in [6, 6.07) is 0.371. The van der Waals surface area contributed by atoms with Gasteiger partial charge in [0.2, 0.25) is 0 Å². The number of rotatable bonds is 3. The number of hydrogen-bond donors (Lipinski definition) is 2. The summed E-state index contributed by atoms with van der Waals surface area (Å²) in [4.78, 5) is 14.3. The molecule has 0 spiro atoms. The fourth-order valence-electron chi connectivity index (χ4n) is 2.58. The van der Waals surface area contributed by atoms with Crippen LogP contribution in [0.5, 0.6) is 0 Å². The second kappa shape index (κ2) is 5.21. The standard InChI is InChI=1S/C12H20N4O/c1-2-16(9-6-4-3-5-7-9)12(17)10-8-14-15-11(10)13/h8-9H,2-7H2,1H3,(H3,13,14,15). The van der Waals surface area contributed by atoms with E-state index in [9.17, 15) is 4.79 Å². The minimum absolute atomic E-state index is 0.00523. The minimum atomic E-state index is 0.00523. The molecule has 3 N–H and O–H groups in total. The number of aromatic nitrogens is 2. The van der Waals surface area contributed by atoms with E-state index in [2.05, 4.69) is 10.2 Å². The first-order chi connectivity index (χ1) is 8.24. The largest absolute Gasteiger partial charge is 0.383 e. The van der Waals surface area contributed by atoms with E-state index in [1.54, 1.807) is 0 Å². The van der Waals surface area contributed by atoms with E-state index >= 15 is 0 Å². The second-order valence-corrected chi connectivity index (χ2v) is 4.58. The lowest BCUT2D eigenvalue weighted by Gasteiger charge is -2.33. The van der Waals surface area contributed by atoms with Gasteiger partial charge in [-0.25, -0.2) is 0 Å². The number of hydrogen-bond acceptors (Lipinski definition) is 3. The lowest BCUT2D eigenvalue weighted by Crippen LogP contribution is -2.41. The van der Waals surface area contributed by atoms with Crippen molar-refractivity contribution < 1.29 is 4.79 Å². The third-order valence-electron chi connectivity index (χ3n) is 3.52. The highest BCUT2D eigenvalue weighted by Gasteiger charge is 2.26. The molecule has 1 heterocycles. The Labute approximate surface area is 101 Å². The van der Waals surface area contributed by atoms with Crippen LogP contribution in [-0.2, 0) is 0 Å². The number of anilines is 1. The fourth-order valence-corrected chi connectivity index (χ4v) is 2.58. The first-order valence-corrected chi connectivity index (χ1v) is 6.33. The zero-order chi connectivity index (χ0) is 12.3. The van der Waals surface area contributed by atoms with Crippen molar-refractivity contribution in [2.45, 2.75) is 45.1 Å². The van der Waals surface area contributed by atoms with E-state index in [0.717, 1.165) is 19.4 Å². The Morgan fingerprint density at radius 2 is 2.24 bits per heavy atom. The van der Waals surface area contributed by atoms with E-state index in [4.69, 9.17) is 5.73 Å². The monoisotopic (exact) mass is 236 g/mol. The maximum absolute atomic E-state index is 12.3. The van der Waals surface area contributed by atoms with Crippen molar-refractivity contribution in [2.24, 2.45) is 0 Å². The van der Waals surface area contributed by atoms with Gasteiger partial charge in [-0.3, -0.25) is 9.89 Å². The SMILES string of the molecule is CCN(C(=O)c1cn[nH]c1N)C1CCCCC1. The predicted octanol–water partition coefficient (Wildman–Crippen LogP) is 1.79. The summed E-state index contributed by atoms with van der Waals surface area (Å²) in [6.07, 6.45) is 7.46. The molecule has 94 valence electrons. The Morgan fingerprint density at radius 1 is 1.53 bits per heavy atom. The maximum atomic E-state index is 12.3. The normalized spacial score (nSPS) is 17.0. The first kappa shape index (κ1) is 12.0. The Kier molecular flexibility index (Phi) is 3.66. The molecule has 0 unspecified atom stereocenters. The third kappa shape index (κ3) is 2.43. The van der Waals surface area contributed by atoms with E-state index in [1.165, 1.54) is 25.5 Å². The number of carbonyl (C=O) groups excluding carboxylic acids is 1. The van der Waals surface area contributed by atoms with Gasteiger partial charge in [-0.1, -0.05) is 19.3 Å². The van der Waals surface area contributed by atoms with Crippen molar-refractivity contribution in [2.75, 3.05) is 12.3 Å². The Balaban J connectivity index is 2.12. The molecule has 0 saturated heterocycles. The highest BCUT2D eigenvalue weighted by Crippen LogP contribution is 2.24. The molecule has 0 atom stereocenters. The molecular formula is C12H20N4O. The predicted molar refractivity (Wildman–Crippen MR) is 66.6 cm³/mol. The number of nitrogen functional groups attached to an aromatic ring is 1. The van der Waals surface area contributed by atoms with Crippen LogP contribution in [0.3, 0.4) is 0 Å². The molecular weight excluding hydrogens is 216 g/mol. The van der Waals surface area contributed by atoms with Crippen LogP contribution in [0.25, 0.3) is 0 Å². The van der Waals surface area contributed by atoms with Crippen molar-refractivity contribution in [3.8, 4) is 0 Å². The van der Waals surface area contributed by atoms with Crippen LogP contribution in [0.15, 0.2) is 6.20 Å². The summed E-state index contributed by atoms with van der Waals surface area (Å²) in [5.41, 5.74) is 6.20. The molecule has 1 aliphatic rings. The minimum Gasteiger partial charge on any atom is -0.383 e. The number of nitrogens with one attached hydrogen (secondary N) is 1. The summed E-state index contributed by atoms with van der Waals surface area (Å²) in [6.45, 7) is 2.75. The molecule has 5 heteroatoms. The van der Waals surface area contributed by atoms with E-state index < -0.39 is 0 Å². The van der Waals surface area contributed by atoms with Gasteiger partial charge in [-0.05, 0) is 19.8 Å². The van der Waals surface area contributed by atoms with Crippen LogP contribution in [-0.4, -0.2) is 33.6 Å². The van der Waals surface area contributed by atoms with Crippen LogP contribution in [0.4, 0.5) is 5.82 Å². The fraction of sp³-hybridized carbons (Fsp3) is 0.667. The molecule has 17 heavy (non-hydrogen) atoms. The number of H-pyrrole nitrogens is 1. The van der Waals surface area contributed by atoms with Gasteiger partial charge in [0.1, 0.15) is 11.4 Å². The summed E-state index contributed by atoms with van der Waals surface area (Å²) >= 11 is 0. The molecule has 1 fully saturated rings. The van der Waals surface area contributed by atoms with Gasteiger partial charge >= 0.3 is 0 Å². The zero-order valence-corrected chi connectivity index (χ0v) is 10.3. The summed E-state index contributed by atoms with van der Waals surface area (Å²) in [5.74, 6) is 0.370. The van der Waals surface area contributed by atoms with Gasteiger partial charge in [0, 0.05) is 12.6 Å². The molecule has 1 aliphatic carbocycles. The molecule has 1 aromatic rings. The zero-order valence-electron chi connectivity index (χ0n) is 10.3. The summed E-state index contributed by atoms with van der Waals surface area (Å²) in [7, 11) is 0. The number of nitrogens with two attached hydrogens (primary N) is 1. The molecule has 1 aromatic heterocycles. The Hall–Kier alpha value is -1.52. The van der Waals surface area contributed by atoms with Gasteiger partial charge in [-0.15, -0.1) is 0 Å². The van der Waals surface area contributed by atoms with Crippen molar-refractivity contribution in [3.05, 3.63) is 11.8 Å². The molecule has 1 amide bonds. The molecule has 1 saturated carbocycles. The van der Waals surface area contributed by atoms with Crippen LogP contribution < -0.4 is 5.73 Å². The van der Waals surface area contributed by atoms with Gasteiger partial charge < -0.3 is 10.6 Å². The van der Waals surface area contributed by atoms with E-state index in [0.29, 0.717) is 17.4 Å². The van der Waals surface area contributed by atoms with Crippen molar-refractivity contribution in [1.29, 1.82) is 0 Å². The highest BCUT2D eigenvalue weighted by molar-refractivity contribution is 5.98. The molecule has 0 aromatic carbocycles. The molecule has 0 aliphatic heterocycles.